The largest absolute Gasteiger partial charge is 0.336 e. The van der Waals surface area contributed by atoms with Crippen molar-refractivity contribution in [2.24, 2.45) is 11.7 Å². The number of hydrogen-bond donors (Lipinski definition) is 2. The SMILES string of the molecule is N[C@@H]1CN(C(=O)c2cccc(NC(=O)C3CCCCC3)c2)C[C@H]1c1ccccc1. The van der Waals surface area contributed by atoms with Gasteiger partial charge in [0.1, 0.15) is 0 Å². The maximum atomic E-state index is 13.1. The molecule has 0 radical (unpaired) electrons. The maximum absolute atomic E-state index is 13.1. The zero-order valence-electron chi connectivity index (χ0n) is 16.7. The second kappa shape index (κ2) is 8.78. The molecule has 1 saturated heterocycles. The van der Waals surface area contributed by atoms with E-state index in [4.69, 9.17) is 5.73 Å². The molecule has 1 aliphatic heterocycles. The molecule has 0 spiro atoms. The summed E-state index contributed by atoms with van der Waals surface area (Å²) in [7, 11) is 0. The molecule has 2 amide bonds. The normalized spacial score (nSPS) is 22.4. The minimum absolute atomic E-state index is 0.0346. The number of hydrogen-bond acceptors (Lipinski definition) is 3. The molecule has 5 nitrogen and oxygen atoms in total. The van der Waals surface area contributed by atoms with Crippen LogP contribution in [0.3, 0.4) is 0 Å². The van der Waals surface area contributed by atoms with Gasteiger partial charge in [0.05, 0.1) is 0 Å². The van der Waals surface area contributed by atoms with Crippen LogP contribution >= 0.6 is 0 Å². The fourth-order valence-electron chi connectivity index (χ4n) is 4.57. The van der Waals surface area contributed by atoms with Crippen molar-refractivity contribution in [2.75, 3.05) is 18.4 Å². The Balaban J connectivity index is 1.43. The first-order valence-electron chi connectivity index (χ1n) is 10.6. The summed E-state index contributed by atoms with van der Waals surface area (Å²) in [6, 6.07) is 17.3. The fraction of sp³-hybridized carbons (Fsp3) is 0.417. The predicted molar refractivity (Wildman–Crippen MR) is 115 cm³/mol. The number of carbonyl (C=O) groups excluding carboxylic acids is 2. The maximum Gasteiger partial charge on any atom is 0.254 e. The molecule has 3 N–H and O–H groups in total. The van der Waals surface area contributed by atoms with E-state index in [9.17, 15) is 9.59 Å². The highest BCUT2D eigenvalue weighted by molar-refractivity contribution is 5.98. The topological polar surface area (TPSA) is 75.4 Å². The molecule has 2 aromatic rings. The third-order valence-electron chi connectivity index (χ3n) is 6.23. The third kappa shape index (κ3) is 4.51. The molecule has 152 valence electrons. The molecule has 2 atom stereocenters. The molecule has 0 aromatic heterocycles. The molecular weight excluding hydrogens is 362 g/mol. The molecule has 0 unspecified atom stereocenters. The highest BCUT2D eigenvalue weighted by atomic mass is 16.2. The van der Waals surface area contributed by atoms with Crippen LogP contribution in [0.15, 0.2) is 54.6 Å². The number of amides is 2. The van der Waals surface area contributed by atoms with E-state index in [1.807, 2.05) is 35.2 Å². The Morgan fingerprint density at radius 3 is 2.45 bits per heavy atom. The summed E-state index contributed by atoms with van der Waals surface area (Å²) in [5.74, 6) is 0.273. The van der Waals surface area contributed by atoms with Gasteiger partial charge < -0.3 is 16.0 Å². The van der Waals surface area contributed by atoms with E-state index in [2.05, 4.69) is 17.4 Å². The van der Waals surface area contributed by atoms with Gasteiger partial charge in [0.2, 0.25) is 5.91 Å². The fourth-order valence-corrected chi connectivity index (χ4v) is 4.57. The van der Waals surface area contributed by atoms with Crippen LogP contribution in [-0.4, -0.2) is 35.8 Å². The van der Waals surface area contributed by atoms with Gasteiger partial charge in [-0.1, -0.05) is 55.7 Å². The number of benzene rings is 2. The Kier molecular flexibility index (Phi) is 5.95. The minimum atomic E-state index is -0.0736. The van der Waals surface area contributed by atoms with E-state index in [1.165, 1.54) is 12.0 Å². The van der Waals surface area contributed by atoms with Crippen LogP contribution in [0.2, 0.25) is 0 Å². The van der Waals surface area contributed by atoms with E-state index in [-0.39, 0.29) is 29.7 Å². The van der Waals surface area contributed by atoms with Gasteiger partial charge in [-0.15, -0.1) is 0 Å². The van der Waals surface area contributed by atoms with Gasteiger partial charge in [0.25, 0.3) is 5.91 Å². The summed E-state index contributed by atoms with van der Waals surface area (Å²) in [4.78, 5) is 27.4. The van der Waals surface area contributed by atoms with Crippen molar-refractivity contribution in [3.8, 4) is 0 Å². The van der Waals surface area contributed by atoms with Crippen molar-refractivity contribution >= 4 is 17.5 Å². The second-order valence-corrected chi connectivity index (χ2v) is 8.30. The van der Waals surface area contributed by atoms with E-state index >= 15 is 0 Å². The van der Waals surface area contributed by atoms with Gasteiger partial charge in [-0.3, -0.25) is 9.59 Å². The molecule has 2 aliphatic rings. The molecule has 0 bridgehead atoms. The molecule has 2 fully saturated rings. The molecule has 29 heavy (non-hydrogen) atoms. The quantitative estimate of drug-likeness (QED) is 0.833. The molecule has 2 aromatic carbocycles. The zero-order valence-corrected chi connectivity index (χ0v) is 16.7. The third-order valence-corrected chi connectivity index (χ3v) is 6.23. The van der Waals surface area contributed by atoms with Crippen molar-refractivity contribution in [1.82, 2.24) is 4.90 Å². The average Bonchev–Trinajstić information content (AvgIpc) is 3.16. The number of likely N-dealkylation sites (tertiary alicyclic amines) is 1. The summed E-state index contributed by atoms with van der Waals surface area (Å²) >= 11 is 0. The molecule has 1 saturated carbocycles. The van der Waals surface area contributed by atoms with Crippen LogP contribution in [0.4, 0.5) is 5.69 Å². The second-order valence-electron chi connectivity index (χ2n) is 8.30. The highest BCUT2D eigenvalue weighted by Gasteiger charge is 2.34. The van der Waals surface area contributed by atoms with E-state index in [0.29, 0.717) is 24.3 Å². The lowest BCUT2D eigenvalue weighted by atomic mass is 9.88. The lowest BCUT2D eigenvalue weighted by Crippen LogP contribution is -2.32. The average molecular weight is 392 g/mol. The standard InChI is InChI=1S/C24H29N3O2/c25-22-16-27(15-21(22)17-8-3-1-4-9-17)24(29)19-12-7-13-20(14-19)26-23(28)18-10-5-2-6-11-18/h1,3-4,7-9,12-14,18,21-22H,2,5-6,10-11,15-16,25H2,(H,26,28)/t21-,22+/m0/s1. The smallest absolute Gasteiger partial charge is 0.254 e. The van der Waals surface area contributed by atoms with Gasteiger partial charge in [-0.25, -0.2) is 0 Å². The first-order chi connectivity index (χ1) is 14.1. The van der Waals surface area contributed by atoms with Gasteiger partial charge in [-0.05, 0) is 36.6 Å². The number of nitrogens with zero attached hydrogens (tertiary/aromatic N) is 1. The van der Waals surface area contributed by atoms with Gasteiger partial charge in [-0.2, -0.15) is 0 Å². The van der Waals surface area contributed by atoms with Gasteiger partial charge >= 0.3 is 0 Å². The van der Waals surface area contributed by atoms with Crippen LogP contribution in [0.5, 0.6) is 0 Å². The van der Waals surface area contributed by atoms with Crippen molar-refractivity contribution < 1.29 is 9.59 Å². The number of rotatable bonds is 4. The molecule has 5 heteroatoms. The number of nitrogens with one attached hydrogen (secondary N) is 1. The lowest BCUT2D eigenvalue weighted by molar-refractivity contribution is -0.120. The molecule has 1 heterocycles. The predicted octanol–water partition coefficient (Wildman–Crippen LogP) is 3.77. The summed E-state index contributed by atoms with van der Waals surface area (Å²) in [6.45, 7) is 1.15. The summed E-state index contributed by atoms with van der Waals surface area (Å²) < 4.78 is 0. The number of nitrogens with two attached hydrogens (primary N) is 1. The Hall–Kier alpha value is -2.66. The minimum Gasteiger partial charge on any atom is -0.336 e. The van der Waals surface area contributed by atoms with Crippen molar-refractivity contribution in [3.05, 3.63) is 65.7 Å². The van der Waals surface area contributed by atoms with Crippen molar-refractivity contribution in [3.63, 3.8) is 0 Å². The Morgan fingerprint density at radius 2 is 1.69 bits per heavy atom. The zero-order chi connectivity index (χ0) is 20.2. The Bertz CT molecular complexity index is 861. The molecule has 4 rings (SSSR count). The van der Waals surface area contributed by atoms with Crippen LogP contribution in [0.25, 0.3) is 0 Å². The van der Waals surface area contributed by atoms with Crippen LogP contribution in [-0.2, 0) is 4.79 Å². The van der Waals surface area contributed by atoms with Gasteiger partial charge in [0, 0.05) is 42.2 Å². The van der Waals surface area contributed by atoms with Crippen LogP contribution in [0.1, 0.15) is 53.9 Å². The van der Waals surface area contributed by atoms with Crippen LogP contribution < -0.4 is 11.1 Å². The summed E-state index contributed by atoms with van der Waals surface area (Å²) in [5, 5.41) is 3.01. The number of carbonyl (C=O) groups is 2. The first-order valence-corrected chi connectivity index (χ1v) is 10.6. The molecular formula is C24H29N3O2. The van der Waals surface area contributed by atoms with Crippen molar-refractivity contribution in [2.45, 2.75) is 44.1 Å². The molecule has 1 aliphatic carbocycles. The highest BCUT2D eigenvalue weighted by Crippen LogP contribution is 2.28. The Labute approximate surface area is 172 Å². The van der Waals surface area contributed by atoms with E-state index in [1.54, 1.807) is 12.1 Å². The first kappa shape index (κ1) is 19.6. The summed E-state index contributed by atoms with van der Waals surface area (Å²) in [6.07, 6.45) is 5.37. The lowest BCUT2D eigenvalue weighted by Gasteiger charge is -2.21. The van der Waals surface area contributed by atoms with Crippen LogP contribution in [0, 0.1) is 5.92 Å². The summed E-state index contributed by atoms with van der Waals surface area (Å²) in [5.41, 5.74) is 8.79. The Morgan fingerprint density at radius 1 is 0.931 bits per heavy atom. The van der Waals surface area contributed by atoms with E-state index < -0.39 is 0 Å². The number of anilines is 1. The van der Waals surface area contributed by atoms with Crippen molar-refractivity contribution in [1.29, 1.82) is 0 Å². The monoisotopic (exact) mass is 391 g/mol. The van der Waals surface area contributed by atoms with E-state index in [0.717, 1.165) is 25.7 Å². The van der Waals surface area contributed by atoms with Gasteiger partial charge in [0.15, 0.2) is 0 Å².